The van der Waals surface area contributed by atoms with Crippen molar-refractivity contribution in [1.82, 2.24) is 10.3 Å². The van der Waals surface area contributed by atoms with E-state index in [0.717, 1.165) is 6.54 Å². The molecule has 0 saturated carbocycles. The minimum Gasteiger partial charge on any atom is -0.449 e. The van der Waals surface area contributed by atoms with E-state index in [9.17, 15) is 4.39 Å². The number of rotatable bonds is 4. The molecule has 0 fully saturated rings. The molecule has 0 bridgehead atoms. The molecule has 1 rings (SSSR count). The second-order valence-corrected chi connectivity index (χ2v) is 2.22. The fourth-order valence-electron chi connectivity index (χ4n) is 0.757. The summed E-state index contributed by atoms with van der Waals surface area (Å²) >= 11 is 0. The van der Waals surface area contributed by atoms with Gasteiger partial charge in [-0.15, -0.1) is 0 Å². The summed E-state index contributed by atoms with van der Waals surface area (Å²) in [5, 5.41) is 2.95. The molecule has 1 aromatic heterocycles. The highest BCUT2D eigenvalue weighted by atomic mass is 19.1. The Hall–Kier alpha value is -0.900. The van der Waals surface area contributed by atoms with Gasteiger partial charge in [0.2, 0.25) is 0 Å². The Morgan fingerprint density at radius 2 is 2.55 bits per heavy atom. The van der Waals surface area contributed by atoms with Gasteiger partial charge in [0, 0.05) is 13.0 Å². The van der Waals surface area contributed by atoms with Crippen molar-refractivity contribution in [3.63, 3.8) is 0 Å². The molecule has 0 aliphatic carbocycles. The van der Waals surface area contributed by atoms with E-state index >= 15 is 0 Å². The number of hydrogen-bond acceptors (Lipinski definition) is 3. The van der Waals surface area contributed by atoms with Gasteiger partial charge in [0.1, 0.15) is 18.6 Å². The molecular formula is C7H11FN2O. The van der Waals surface area contributed by atoms with Crippen molar-refractivity contribution < 1.29 is 8.81 Å². The van der Waals surface area contributed by atoms with Crippen LogP contribution in [0.4, 0.5) is 4.39 Å². The zero-order valence-corrected chi connectivity index (χ0v) is 6.43. The third-order valence-electron chi connectivity index (χ3n) is 1.33. The lowest BCUT2D eigenvalue weighted by Gasteiger charge is -1.91. The highest BCUT2D eigenvalue weighted by molar-refractivity contribution is 4.94. The fourth-order valence-corrected chi connectivity index (χ4v) is 0.757. The van der Waals surface area contributed by atoms with E-state index in [1.54, 1.807) is 0 Å². The predicted octanol–water partition coefficient (Wildman–Crippen LogP) is 0.906. The van der Waals surface area contributed by atoms with Crippen LogP contribution in [0.5, 0.6) is 0 Å². The summed E-state index contributed by atoms with van der Waals surface area (Å²) in [6.07, 6.45) is 2.06. The van der Waals surface area contributed by atoms with E-state index in [-0.39, 0.29) is 0 Å². The molecule has 1 aromatic rings. The lowest BCUT2D eigenvalue weighted by Crippen LogP contribution is -2.10. The monoisotopic (exact) mass is 158 g/mol. The zero-order chi connectivity index (χ0) is 8.10. The second kappa shape index (κ2) is 4.08. The van der Waals surface area contributed by atoms with Crippen molar-refractivity contribution in [2.45, 2.75) is 13.1 Å². The molecule has 0 saturated heterocycles. The Bertz CT molecular complexity index is 212. The first-order valence-corrected chi connectivity index (χ1v) is 3.50. The van der Waals surface area contributed by atoms with Crippen LogP contribution in [0.1, 0.15) is 11.6 Å². The van der Waals surface area contributed by atoms with Gasteiger partial charge in [-0.3, -0.25) is 0 Å². The third kappa shape index (κ3) is 2.31. The summed E-state index contributed by atoms with van der Waals surface area (Å²) in [5.41, 5.74) is 0.371. The summed E-state index contributed by atoms with van der Waals surface area (Å²) in [6, 6.07) is 0. The molecule has 62 valence electrons. The molecule has 3 nitrogen and oxygen atoms in total. The number of likely N-dealkylation sites (N-methyl/N-ethyl adjacent to an activating group) is 1. The minimum atomic E-state index is -0.553. The number of oxazole rings is 1. The van der Waals surface area contributed by atoms with E-state index in [0.29, 0.717) is 18.0 Å². The SMILES string of the molecule is CNCCc1nc(CF)co1. The number of alkyl halides is 1. The van der Waals surface area contributed by atoms with Crippen LogP contribution in [0, 0.1) is 0 Å². The molecule has 0 unspecified atom stereocenters. The lowest BCUT2D eigenvalue weighted by atomic mass is 10.4. The van der Waals surface area contributed by atoms with Crippen LogP contribution >= 0.6 is 0 Å². The largest absolute Gasteiger partial charge is 0.449 e. The van der Waals surface area contributed by atoms with Gasteiger partial charge in [0.25, 0.3) is 0 Å². The van der Waals surface area contributed by atoms with Crippen LogP contribution in [0.2, 0.25) is 0 Å². The van der Waals surface area contributed by atoms with Gasteiger partial charge >= 0.3 is 0 Å². The van der Waals surface area contributed by atoms with Gasteiger partial charge in [-0.1, -0.05) is 0 Å². The van der Waals surface area contributed by atoms with Gasteiger partial charge in [-0.05, 0) is 7.05 Å². The Labute approximate surface area is 64.6 Å². The van der Waals surface area contributed by atoms with E-state index < -0.39 is 6.67 Å². The summed E-state index contributed by atoms with van der Waals surface area (Å²) < 4.78 is 16.9. The maximum Gasteiger partial charge on any atom is 0.195 e. The van der Waals surface area contributed by atoms with Crippen LogP contribution in [0.15, 0.2) is 10.7 Å². The number of halogens is 1. The normalized spacial score (nSPS) is 10.4. The molecule has 0 atom stereocenters. The molecule has 0 amide bonds. The Kier molecular flexibility index (Phi) is 3.04. The summed E-state index contributed by atoms with van der Waals surface area (Å²) in [7, 11) is 1.85. The number of nitrogens with one attached hydrogen (secondary N) is 1. The molecule has 0 radical (unpaired) electrons. The van der Waals surface area contributed by atoms with E-state index in [4.69, 9.17) is 4.42 Å². The highest BCUT2D eigenvalue weighted by Gasteiger charge is 2.01. The van der Waals surface area contributed by atoms with Crippen molar-refractivity contribution in [2.24, 2.45) is 0 Å². The average molecular weight is 158 g/mol. The van der Waals surface area contributed by atoms with Crippen LogP contribution < -0.4 is 5.32 Å². The number of nitrogens with zero attached hydrogens (tertiary/aromatic N) is 1. The molecular weight excluding hydrogens is 147 g/mol. The van der Waals surface area contributed by atoms with Crippen LogP contribution in [-0.4, -0.2) is 18.6 Å². The van der Waals surface area contributed by atoms with Crippen LogP contribution in [0.3, 0.4) is 0 Å². The van der Waals surface area contributed by atoms with Crippen LogP contribution in [0.25, 0.3) is 0 Å². The topological polar surface area (TPSA) is 38.1 Å². The van der Waals surface area contributed by atoms with Gasteiger partial charge < -0.3 is 9.73 Å². The quantitative estimate of drug-likeness (QED) is 0.707. The first-order valence-electron chi connectivity index (χ1n) is 3.50. The zero-order valence-electron chi connectivity index (χ0n) is 6.43. The Morgan fingerprint density at radius 3 is 3.09 bits per heavy atom. The average Bonchev–Trinajstić information content (AvgIpc) is 2.48. The maximum atomic E-state index is 11.9. The van der Waals surface area contributed by atoms with Crippen molar-refractivity contribution in [2.75, 3.05) is 13.6 Å². The van der Waals surface area contributed by atoms with Crippen molar-refractivity contribution in [3.8, 4) is 0 Å². The van der Waals surface area contributed by atoms with Crippen molar-refractivity contribution in [3.05, 3.63) is 17.8 Å². The van der Waals surface area contributed by atoms with E-state index in [2.05, 4.69) is 10.3 Å². The molecule has 0 aliphatic heterocycles. The second-order valence-electron chi connectivity index (χ2n) is 2.22. The molecule has 0 spiro atoms. The fraction of sp³-hybridized carbons (Fsp3) is 0.571. The smallest absolute Gasteiger partial charge is 0.195 e. The highest BCUT2D eigenvalue weighted by Crippen LogP contribution is 2.03. The van der Waals surface area contributed by atoms with Gasteiger partial charge in [-0.2, -0.15) is 0 Å². The number of aromatic nitrogens is 1. The predicted molar refractivity (Wildman–Crippen MR) is 38.9 cm³/mol. The standard InChI is InChI=1S/C7H11FN2O/c1-9-3-2-7-10-6(4-8)5-11-7/h5,9H,2-4H2,1H3. The number of hydrogen-bond donors (Lipinski definition) is 1. The molecule has 1 heterocycles. The molecule has 1 N–H and O–H groups in total. The Balaban J connectivity index is 2.44. The first kappa shape index (κ1) is 8.20. The van der Waals surface area contributed by atoms with E-state index in [1.165, 1.54) is 6.26 Å². The molecule has 0 aromatic carbocycles. The van der Waals surface area contributed by atoms with Gasteiger partial charge in [0.05, 0.1) is 0 Å². The van der Waals surface area contributed by atoms with E-state index in [1.807, 2.05) is 7.05 Å². The third-order valence-corrected chi connectivity index (χ3v) is 1.33. The van der Waals surface area contributed by atoms with Crippen molar-refractivity contribution >= 4 is 0 Å². The summed E-state index contributed by atoms with van der Waals surface area (Å²) in [6.45, 7) is 0.245. The Morgan fingerprint density at radius 1 is 1.73 bits per heavy atom. The van der Waals surface area contributed by atoms with Crippen molar-refractivity contribution in [1.29, 1.82) is 0 Å². The summed E-state index contributed by atoms with van der Waals surface area (Å²) in [4.78, 5) is 3.88. The first-order chi connectivity index (χ1) is 5.36. The summed E-state index contributed by atoms with van der Waals surface area (Å²) in [5.74, 6) is 0.590. The molecule has 4 heteroatoms. The van der Waals surface area contributed by atoms with Gasteiger partial charge in [0.15, 0.2) is 5.89 Å². The molecule has 0 aliphatic rings. The van der Waals surface area contributed by atoms with Gasteiger partial charge in [-0.25, -0.2) is 9.37 Å². The maximum absolute atomic E-state index is 11.9. The van der Waals surface area contributed by atoms with Crippen LogP contribution in [-0.2, 0) is 13.1 Å². The lowest BCUT2D eigenvalue weighted by molar-refractivity contribution is 0.470. The minimum absolute atomic E-state index is 0.371. The molecule has 11 heavy (non-hydrogen) atoms.